The predicted octanol–water partition coefficient (Wildman–Crippen LogP) is -0.350. The third kappa shape index (κ3) is 4160. The van der Waals surface area contributed by atoms with Crippen LogP contribution in [0.3, 0.4) is 0 Å². The van der Waals surface area contributed by atoms with Crippen molar-refractivity contribution in [2.24, 2.45) is 0 Å². The van der Waals surface area contributed by atoms with Gasteiger partial charge in [0, 0.05) is 0 Å². The summed E-state index contributed by atoms with van der Waals surface area (Å²) in [7, 11) is 0. The Labute approximate surface area is 43.4 Å². The molecule has 0 spiro atoms. The molecule has 0 unspecified atom stereocenters. The second kappa shape index (κ2) is 3.94. The summed E-state index contributed by atoms with van der Waals surface area (Å²) < 4.78 is 0. The molecule has 0 rings (SSSR count). The Morgan fingerprint density at radius 2 is 1.80 bits per heavy atom. The maximum atomic E-state index is 8.36. The molecule has 0 saturated heterocycles. The van der Waals surface area contributed by atoms with Gasteiger partial charge in [-0.25, -0.2) is 0 Å². The molecule has 0 amide bonds. The first-order valence-corrected chi connectivity index (χ1v) is 0.565. The summed E-state index contributed by atoms with van der Waals surface area (Å²) in [4.78, 5) is 8.36. The van der Waals surface area contributed by atoms with Gasteiger partial charge in [-0.05, 0) is 0 Å². The van der Waals surface area contributed by atoms with Crippen LogP contribution in [0.4, 0.5) is 0 Å². The van der Waals surface area contributed by atoms with Crippen molar-refractivity contribution >= 4 is 0 Å². The van der Waals surface area contributed by atoms with Crippen molar-refractivity contribution in [3.8, 4) is 0 Å². The van der Waals surface area contributed by atoms with Gasteiger partial charge in [0.2, 0.25) is 0 Å². The van der Waals surface area contributed by atoms with Crippen molar-refractivity contribution in [2.45, 2.75) is 0 Å². The zero-order chi connectivity index (χ0) is 3.58. The number of rotatable bonds is 0. The third-order valence-corrected chi connectivity index (χ3v) is 0. The Hall–Kier alpha value is -0.0597. The molecule has 5 heavy (non-hydrogen) atoms. The van der Waals surface area contributed by atoms with Gasteiger partial charge in [-0.2, -0.15) is 0 Å². The molecule has 0 bridgehead atoms. The average molecular weight is 260 g/mol. The molecular formula is HAuNO3+. The third-order valence-electron chi connectivity index (χ3n) is 0. The summed E-state index contributed by atoms with van der Waals surface area (Å²) in [5.74, 6) is 0. The van der Waals surface area contributed by atoms with Gasteiger partial charge in [-0.3, -0.25) is 0 Å². The second-order valence-corrected chi connectivity index (χ2v) is 0.238. The summed E-state index contributed by atoms with van der Waals surface area (Å²) >= 11 is 0. The van der Waals surface area contributed by atoms with E-state index in [0.29, 0.717) is 0 Å². The maximum Gasteiger partial charge on any atom is 1.00 e. The van der Waals surface area contributed by atoms with E-state index in [0.717, 1.165) is 0 Å². The molecule has 1 N–H and O–H groups in total. The molecule has 0 aliphatic heterocycles. The molecule has 4 nitrogen and oxygen atoms in total. The molecular weight excluding hydrogens is 259 g/mol. The van der Waals surface area contributed by atoms with Gasteiger partial charge < -0.3 is 5.21 Å². The van der Waals surface area contributed by atoms with E-state index >= 15 is 0 Å². The van der Waals surface area contributed by atoms with Gasteiger partial charge >= 0.3 is 22.4 Å². The maximum absolute atomic E-state index is 8.36. The zero-order valence-electron chi connectivity index (χ0n) is 2.01. The van der Waals surface area contributed by atoms with Gasteiger partial charge in [-0.1, -0.05) is 0 Å². The van der Waals surface area contributed by atoms with Crippen LogP contribution in [0, 0.1) is 10.1 Å². The van der Waals surface area contributed by atoms with Crippen molar-refractivity contribution in [1.29, 1.82) is 0 Å². The molecule has 0 aliphatic rings. The van der Waals surface area contributed by atoms with Crippen molar-refractivity contribution in [3.63, 3.8) is 0 Å². The fourth-order valence-corrected chi connectivity index (χ4v) is 0. The van der Waals surface area contributed by atoms with Crippen molar-refractivity contribution in [3.05, 3.63) is 10.1 Å². The van der Waals surface area contributed by atoms with Crippen LogP contribution in [0.15, 0.2) is 0 Å². The van der Waals surface area contributed by atoms with Crippen molar-refractivity contribution in [2.75, 3.05) is 0 Å². The largest absolute Gasteiger partial charge is 1.00 e. The number of hydrogen-bond donors (Lipinski definition) is 1. The van der Waals surface area contributed by atoms with Gasteiger partial charge in [0.1, 0.15) is 0 Å². The minimum atomic E-state index is -1.50. The molecule has 0 aromatic rings. The fourth-order valence-electron chi connectivity index (χ4n) is 0. The Kier molecular flexibility index (Phi) is 6.99. The quantitative estimate of drug-likeness (QED) is 0.368. The minimum Gasteiger partial charge on any atom is -0.328 e. The van der Waals surface area contributed by atoms with Crippen LogP contribution >= 0.6 is 0 Å². The predicted molar refractivity (Wildman–Crippen MR) is 8.78 cm³/mol. The summed E-state index contributed by atoms with van der Waals surface area (Å²) in [6, 6.07) is 0. The topological polar surface area (TPSA) is 63.4 Å². The van der Waals surface area contributed by atoms with E-state index in [2.05, 4.69) is 0 Å². The SMILES string of the molecule is O=[N+]([O-])O.[Au+]. The number of nitrogens with zero attached hydrogens (tertiary/aromatic N) is 1. The monoisotopic (exact) mass is 260 g/mol. The van der Waals surface area contributed by atoms with Gasteiger partial charge in [0.05, 0.1) is 0 Å². The zero-order valence-corrected chi connectivity index (χ0v) is 4.18. The molecule has 0 atom stereocenters. The van der Waals surface area contributed by atoms with Crippen LogP contribution in [-0.2, 0) is 22.4 Å². The molecule has 5 heteroatoms. The normalized spacial score (nSPS) is 4.80. The molecule has 0 saturated carbocycles. The van der Waals surface area contributed by atoms with Crippen LogP contribution in [-0.4, -0.2) is 10.3 Å². The smallest absolute Gasteiger partial charge is 0.328 e. The molecule has 0 radical (unpaired) electrons. The van der Waals surface area contributed by atoms with Crippen LogP contribution < -0.4 is 0 Å². The average Bonchev–Trinajstić information content (AvgIpc) is 0.811. The van der Waals surface area contributed by atoms with Crippen molar-refractivity contribution < 1.29 is 32.7 Å². The molecule has 0 aliphatic carbocycles. The molecule has 0 heterocycles. The fraction of sp³-hybridized carbons (Fsp3) is 0. The van der Waals surface area contributed by atoms with E-state index in [4.69, 9.17) is 15.3 Å². The van der Waals surface area contributed by atoms with Crippen LogP contribution in [0.25, 0.3) is 0 Å². The molecule has 0 aromatic heterocycles. The second-order valence-electron chi connectivity index (χ2n) is 0.238. The summed E-state index contributed by atoms with van der Waals surface area (Å²) in [5, 5.41) is 13.6. The number of hydrogen-bond acceptors (Lipinski definition) is 2. The van der Waals surface area contributed by atoms with Crippen LogP contribution in [0.2, 0.25) is 0 Å². The van der Waals surface area contributed by atoms with Gasteiger partial charge in [0.15, 0.2) is 0 Å². The Bertz CT molecular complexity index is 29.9. The molecule has 0 aromatic carbocycles. The van der Waals surface area contributed by atoms with Crippen LogP contribution in [0.5, 0.6) is 0 Å². The first kappa shape index (κ1) is 8.87. The van der Waals surface area contributed by atoms with Gasteiger partial charge in [0.25, 0.3) is 5.09 Å². The Morgan fingerprint density at radius 3 is 1.80 bits per heavy atom. The molecule has 0 fully saturated rings. The first-order chi connectivity index (χ1) is 1.73. The summed E-state index contributed by atoms with van der Waals surface area (Å²) in [6.07, 6.45) is 0. The minimum absolute atomic E-state index is 0. The van der Waals surface area contributed by atoms with E-state index in [1.54, 1.807) is 0 Å². The van der Waals surface area contributed by atoms with Crippen molar-refractivity contribution in [1.82, 2.24) is 0 Å². The Morgan fingerprint density at radius 1 is 1.80 bits per heavy atom. The van der Waals surface area contributed by atoms with E-state index in [1.165, 1.54) is 0 Å². The molecule has 34 valence electrons. The first-order valence-electron chi connectivity index (χ1n) is 0.565. The van der Waals surface area contributed by atoms with E-state index < -0.39 is 5.09 Å². The van der Waals surface area contributed by atoms with Gasteiger partial charge in [-0.15, -0.1) is 10.1 Å². The Balaban J connectivity index is 0. The van der Waals surface area contributed by atoms with Crippen LogP contribution in [0.1, 0.15) is 0 Å². The van der Waals surface area contributed by atoms with E-state index in [9.17, 15) is 0 Å². The standard InChI is InChI=1S/Au.HNO3/c;2-1(3)4/h;(H,2,3,4)/q+1;. The summed E-state index contributed by atoms with van der Waals surface area (Å²) in [5.41, 5.74) is 0. The summed E-state index contributed by atoms with van der Waals surface area (Å²) in [6.45, 7) is 0. The van der Waals surface area contributed by atoms with E-state index in [1.807, 2.05) is 0 Å². The van der Waals surface area contributed by atoms with E-state index in [-0.39, 0.29) is 22.4 Å².